The maximum Gasteiger partial charge on any atom is 0.264 e. The van der Waals surface area contributed by atoms with Crippen molar-refractivity contribution in [2.24, 2.45) is 0 Å². The minimum Gasteiger partial charge on any atom is -0.494 e. The van der Waals surface area contributed by atoms with Crippen LogP contribution in [0.25, 0.3) is 0 Å². The van der Waals surface area contributed by atoms with Gasteiger partial charge in [0, 0.05) is 13.1 Å². The molecule has 2 amide bonds. The van der Waals surface area contributed by atoms with Crippen molar-refractivity contribution in [2.45, 2.75) is 51.1 Å². The lowest BCUT2D eigenvalue weighted by atomic mass is 10.1. The Morgan fingerprint density at radius 1 is 0.872 bits per heavy atom. The van der Waals surface area contributed by atoms with Gasteiger partial charge in [-0.1, -0.05) is 62.4 Å². The molecule has 0 saturated carbocycles. The molecule has 0 fully saturated rings. The molecule has 208 valence electrons. The molecule has 39 heavy (non-hydrogen) atoms. The number of hydrogen-bond donors (Lipinski definition) is 1. The summed E-state index contributed by atoms with van der Waals surface area (Å²) in [4.78, 5) is 28.6. The first-order valence-corrected chi connectivity index (χ1v) is 14.7. The van der Waals surface area contributed by atoms with Crippen molar-refractivity contribution in [1.82, 2.24) is 10.2 Å². The van der Waals surface area contributed by atoms with Crippen LogP contribution in [0.3, 0.4) is 0 Å². The zero-order valence-corrected chi connectivity index (χ0v) is 23.6. The highest BCUT2D eigenvalue weighted by molar-refractivity contribution is 7.92. The fourth-order valence-electron chi connectivity index (χ4n) is 4.19. The molecule has 0 radical (unpaired) electrons. The minimum atomic E-state index is -4.10. The molecule has 0 heterocycles. The topological polar surface area (TPSA) is 96.0 Å². The van der Waals surface area contributed by atoms with Gasteiger partial charge in [0.1, 0.15) is 18.3 Å². The third-order valence-corrected chi connectivity index (χ3v) is 7.96. The number of sulfonamides is 1. The third kappa shape index (κ3) is 7.83. The van der Waals surface area contributed by atoms with Crippen molar-refractivity contribution in [3.8, 4) is 5.75 Å². The van der Waals surface area contributed by atoms with Gasteiger partial charge >= 0.3 is 0 Å². The maximum absolute atomic E-state index is 14.0. The van der Waals surface area contributed by atoms with E-state index >= 15 is 0 Å². The summed E-state index contributed by atoms with van der Waals surface area (Å²) in [6.45, 7) is 6.31. The zero-order chi connectivity index (χ0) is 28.3. The zero-order valence-electron chi connectivity index (χ0n) is 22.7. The molecule has 1 N–H and O–H groups in total. The van der Waals surface area contributed by atoms with Crippen LogP contribution in [0.4, 0.5) is 5.69 Å². The number of hydrogen-bond acceptors (Lipinski definition) is 5. The molecule has 0 spiro atoms. The summed E-state index contributed by atoms with van der Waals surface area (Å²) in [5.74, 6) is -0.151. The summed E-state index contributed by atoms with van der Waals surface area (Å²) in [5.41, 5.74) is 1.16. The monoisotopic (exact) mass is 551 g/mol. The maximum atomic E-state index is 14.0. The predicted octanol–water partition coefficient (Wildman–Crippen LogP) is 4.61. The van der Waals surface area contributed by atoms with Crippen LogP contribution in [0, 0.1) is 0 Å². The van der Waals surface area contributed by atoms with Gasteiger partial charge < -0.3 is 15.0 Å². The van der Waals surface area contributed by atoms with E-state index in [1.807, 2.05) is 51.1 Å². The van der Waals surface area contributed by atoms with Gasteiger partial charge in [0.2, 0.25) is 11.8 Å². The number of ether oxygens (including phenoxy) is 1. The van der Waals surface area contributed by atoms with Crippen molar-refractivity contribution >= 4 is 27.5 Å². The lowest BCUT2D eigenvalue weighted by Gasteiger charge is -2.33. The third-order valence-electron chi connectivity index (χ3n) is 6.18. The van der Waals surface area contributed by atoms with Gasteiger partial charge in [0.25, 0.3) is 10.0 Å². The average Bonchev–Trinajstić information content (AvgIpc) is 2.96. The van der Waals surface area contributed by atoms with E-state index in [0.717, 1.165) is 16.3 Å². The molecule has 0 unspecified atom stereocenters. The Morgan fingerprint density at radius 3 is 2.05 bits per heavy atom. The fourth-order valence-corrected chi connectivity index (χ4v) is 5.62. The molecule has 0 aliphatic carbocycles. The second-order valence-electron chi connectivity index (χ2n) is 8.97. The number of benzene rings is 3. The van der Waals surface area contributed by atoms with Crippen molar-refractivity contribution < 1.29 is 22.7 Å². The number of nitrogens with zero attached hydrogens (tertiary/aromatic N) is 2. The molecule has 0 bridgehead atoms. The Bertz CT molecular complexity index is 1300. The number of nitrogens with one attached hydrogen (secondary N) is 1. The standard InChI is InChI=1S/C30H37N3O5S/c1-4-21-31-30(35)28(5-2)32(22-24-13-9-7-10-14-24)29(34)23-33(25-17-19-26(20-18-25)38-6-3)39(36,37)27-15-11-8-12-16-27/h7-20,28H,4-6,21-23H2,1-3H3,(H,31,35)/t28-/m0/s1. The van der Waals surface area contributed by atoms with E-state index in [1.54, 1.807) is 42.5 Å². The van der Waals surface area contributed by atoms with Gasteiger partial charge in [-0.25, -0.2) is 8.42 Å². The van der Waals surface area contributed by atoms with E-state index in [9.17, 15) is 18.0 Å². The van der Waals surface area contributed by atoms with Crippen LogP contribution in [-0.4, -0.2) is 50.9 Å². The van der Waals surface area contributed by atoms with Crippen LogP contribution in [0.1, 0.15) is 39.2 Å². The molecule has 9 heteroatoms. The Labute approximate surface area is 231 Å². The molecule has 3 aromatic rings. The molecule has 8 nitrogen and oxygen atoms in total. The first kappa shape index (κ1) is 29.7. The van der Waals surface area contributed by atoms with Gasteiger partial charge in [0.15, 0.2) is 0 Å². The molecule has 0 aliphatic rings. The van der Waals surface area contributed by atoms with E-state index in [-0.39, 0.29) is 17.3 Å². The van der Waals surface area contributed by atoms with Gasteiger partial charge in [-0.2, -0.15) is 0 Å². The van der Waals surface area contributed by atoms with Gasteiger partial charge in [-0.3, -0.25) is 13.9 Å². The molecular weight excluding hydrogens is 514 g/mol. The van der Waals surface area contributed by atoms with Crippen LogP contribution < -0.4 is 14.4 Å². The number of carbonyl (C=O) groups excluding carboxylic acids is 2. The van der Waals surface area contributed by atoms with Gasteiger partial charge in [-0.05, 0) is 61.7 Å². The van der Waals surface area contributed by atoms with Gasteiger partial charge in [-0.15, -0.1) is 0 Å². The Morgan fingerprint density at radius 2 is 1.49 bits per heavy atom. The Balaban J connectivity index is 2.02. The van der Waals surface area contributed by atoms with Crippen LogP contribution in [-0.2, 0) is 26.2 Å². The van der Waals surface area contributed by atoms with Crippen molar-refractivity contribution in [1.29, 1.82) is 0 Å². The lowest BCUT2D eigenvalue weighted by Crippen LogP contribution is -2.52. The number of amides is 2. The highest BCUT2D eigenvalue weighted by atomic mass is 32.2. The average molecular weight is 552 g/mol. The molecule has 0 aromatic heterocycles. The second-order valence-corrected chi connectivity index (χ2v) is 10.8. The number of rotatable bonds is 14. The fraction of sp³-hybridized carbons (Fsp3) is 0.333. The molecule has 1 atom stereocenters. The summed E-state index contributed by atoms with van der Waals surface area (Å²) < 4.78 is 34.2. The molecular formula is C30H37N3O5S. The van der Waals surface area contributed by atoms with E-state index in [2.05, 4.69) is 5.32 Å². The van der Waals surface area contributed by atoms with Crippen molar-refractivity contribution in [3.63, 3.8) is 0 Å². The van der Waals surface area contributed by atoms with Crippen molar-refractivity contribution in [2.75, 3.05) is 24.0 Å². The first-order valence-electron chi connectivity index (χ1n) is 13.2. The summed E-state index contributed by atoms with van der Waals surface area (Å²) in [7, 11) is -4.10. The van der Waals surface area contributed by atoms with E-state index < -0.39 is 28.5 Å². The molecule has 3 rings (SSSR count). The summed E-state index contributed by atoms with van der Waals surface area (Å²) in [6, 6.07) is 23.2. The molecule has 3 aromatic carbocycles. The van der Waals surface area contributed by atoms with E-state index in [1.165, 1.54) is 17.0 Å². The smallest absolute Gasteiger partial charge is 0.264 e. The molecule has 0 aliphatic heterocycles. The normalized spacial score (nSPS) is 11.9. The summed E-state index contributed by atoms with van der Waals surface area (Å²) in [5, 5.41) is 2.89. The highest BCUT2D eigenvalue weighted by Gasteiger charge is 2.33. The van der Waals surface area contributed by atoms with Gasteiger partial charge in [0.05, 0.1) is 17.2 Å². The van der Waals surface area contributed by atoms with Crippen LogP contribution >= 0.6 is 0 Å². The Kier molecular flexibility index (Phi) is 10.9. The lowest BCUT2D eigenvalue weighted by molar-refractivity contribution is -0.140. The summed E-state index contributed by atoms with van der Waals surface area (Å²) in [6.07, 6.45) is 1.14. The largest absolute Gasteiger partial charge is 0.494 e. The molecule has 0 saturated heterocycles. The first-order chi connectivity index (χ1) is 18.8. The number of carbonyl (C=O) groups is 2. The van der Waals surface area contributed by atoms with Crippen molar-refractivity contribution in [3.05, 3.63) is 90.5 Å². The highest BCUT2D eigenvalue weighted by Crippen LogP contribution is 2.26. The van der Waals surface area contributed by atoms with Crippen LogP contribution in [0.2, 0.25) is 0 Å². The Hall–Kier alpha value is -3.85. The van der Waals surface area contributed by atoms with Crippen LogP contribution in [0.15, 0.2) is 89.8 Å². The quantitative estimate of drug-likeness (QED) is 0.316. The SMILES string of the molecule is CCCNC(=O)[C@H](CC)N(Cc1ccccc1)C(=O)CN(c1ccc(OCC)cc1)S(=O)(=O)c1ccccc1. The van der Waals surface area contributed by atoms with E-state index in [0.29, 0.717) is 31.0 Å². The van der Waals surface area contributed by atoms with E-state index in [4.69, 9.17) is 4.74 Å². The minimum absolute atomic E-state index is 0.0639. The predicted molar refractivity (Wildman–Crippen MR) is 153 cm³/mol. The summed E-state index contributed by atoms with van der Waals surface area (Å²) >= 11 is 0. The number of anilines is 1. The second kappa shape index (κ2) is 14.3. The van der Waals surface area contributed by atoms with Crippen LogP contribution in [0.5, 0.6) is 5.75 Å².